The van der Waals surface area contributed by atoms with Gasteiger partial charge in [-0.3, -0.25) is 9.59 Å². The van der Waals surface area contributed by atoms with Crippen molar-refractivity contribution in [3.8, 4) is 11.8 Å². The first kappa shape index (κ1) is 23.6. The Labute approximate surface area is 193 Å². The SMILES string of the molecule is CCOc1cccc(NC(=O)/C(C#N)=C\c2cc(C)n(C3=C(C)C[C@H](C(=O)O)C=C3)c2C)c1. The van der Waals surface area contributed by atoms with Crippen LogP contribution in [0.15, 0.2) is 53.6 Å². The number of aromatic nitrogens is 1. The van der Waals surface area contributed by atoms with Gasteiger partial charge in [0, 0.05) is 28.8 Å². The fourth-order valence-corrected chi connectivity index (χ4v) is 3.92. The molecule has 2 N–H and O–H groups in total. The first-order valence-corrected chi connectivity index (χ1v) is 10.7. The molecule has 1 atom stereocenters. The van der Waals surface area contributed by atoms with Crippen LogP contribution in [0, 0.1) is 31.1 Å². The molecule has 1 aromatic heterocycles. The summed E-state index contributed by atoms with van der Waals surface area (Å²) in [6.07, 6.45) is 5.54. The number of carbonyl (C=O) groups is 2. The number of nitrogens with one attached hydrogen (secondary N) is 1. The van der Waals surface area contributed by atoms with E-state index in [9.17, 15) is 20.0 Å². The van der Waals surface area contributed by atoms with Crippen LogP contribution in [0.1, 0.15) is 37.2 Å². The summed E-state index contributed by atoms with van der Waals surface area (Å²) in [5.74, 6) is -1.24. The highest BCUT2D eigenvalue weighted by molar-refractivity contribution is 6.09. The van der Waals surface area contributed by atoms with Crippen LogP contribution in [0.2, 0.25) is 0 Å². The number of aryl methyl sites for hydroxylation is 1. The maximum absolute atomic E-state index is 12.7. The van der Waals surface area contributed by atoms with Gasteiger partial charge in [0.05, 0.1) is 12.5 Å². The Balaban J connectivity index is 1.88. The molecule has 0 saturated heterocycles. The highest BCUT2D eigenvalue weighted by Gasteiger charge is 2.22. The Bertz CT molecular complexity index is 1220. The van der Waals surface area contributed by atoms with Gasteiger partial charge in [-0.25, -0.2) is 0 Å². The fraction of sp³-hybridized carbons (Fsp3) is 0.269. The second-order valence-corrected chi connectivity index (χ2v) is 7.92. The molecule has 1 aromatic carbocycles. The van der Waals surface area contributed by atoms with Crippen LogP contribution in [-0.2, 0) is 9.59 Å². The van der Waals surface area contributed by atoms with Gasteiger partial charge in [0.1, 0.15) is 17.4 Å². The number of carbonyl (C=O) groups excluding carboxylic acids is 1. The van der Waals surface area contributed by atoms with Gasteiger partial charge < -0.3 is 19.7 Å². The van der Waals surface area contributed by atoms with Crippen molar-refractivity contribution in [3.63, 3.8) is 0 Å². The van der Waals surface area contributed by atoms with Crippen molar-refractivity contribution in [2.75, 3.05) is 11.9 Å². The molecule has 1 aliphatic rings. The van der Waals surface area contributed by atoms with Gasteiger partial charge in [0.15, 0.2) is 0 Å². The number of allylic oxidation sites excluding steroid dienone is 3. The molecule has 7 nitrogen and oxygen atoms in total. The van der Waals surface area contributed by atoms with Crippen molar-refractivity contribution in [2.45, 2.75) is 34.1 Å². The number of carboxylic acids is 1. The van der Waals surface area contributed by atoms with Crippen molar-refractivity contribution in [2.24, 2.45) is 5.92 Å². The lowest BCUT2D eigenvalue weighted by Crippen LogP contribution is -2.16. The van der Waals surface area contributed by atoms with Crippen LogP contribution < -0.4 is 10.1 Å². The number of ether oxygens (including phenoxy) is 1. The highest BCUT2D eigenvalue weighted by atomic mass is 16.5. The van der Waals surface area contributed by atoms with Gasteiger partial charge >= 0.3 is 5.97 Å². The Morgan fingerprint density at radius 2 is 2.06 bits per heavy atom. The van der Waals surface area contributed by atoms with E-state index in [1.165, 1.54) is 0 Å². The van der Waals surface area contributed by atoms with E-state index in [4.69, 9.17) is 4.74 Å². The number of rotatable bonds is 7. The van der Waals surface area contributed by atoms with Crippen molar-refractivity contribution in [1.82, 2.24) is 4.57 Å². The average Bonchev–Trinajstić information content (AvgIpc) is 3.05. The number of amides is 1. The van der Waals surface area contributed by atoms with Crippen LogP contribution in [0.25, 0.3) is 11.8 Å². The van der Waals surface area contributed by atoms with Gasteiger partial charge in [-0.1, -0.05) is 12.1 Å². The normalized spacial score (nSPS) is 15.8. The summed E-state index contributed by atoms with van der Waals surface area (Å²) in [5, 5.41) is 21.7. The molecule has 0 unspecified atom stereocenters. The Hall–Kier alpha value is -4.05. The summed E-state index contributed by atoms with van der Waals surface area (Å²) < 4.78 is 7.47. The number of anilines is 1. The molecule has 2 aromatic rings. The number of hydrogen-bond donors (Lipinski definition) is 2. The van der Waals surface area contributed by atoms with Gasteiger partial charge in [-0.2, -0.15) is 5.26 Å². The molecule has 1 heterocycles. The number of nitrogens with zero attached hydrogens (tertiary/aromatic N) is 2. The van der Waals surface area contributed by atoms with Crippen LogP contribution in [0.3, 0.4) is 0 Å². The van der Waals surface area contributed by atoms with Crippen LogP contribution in [0.5, 0.6) is 5.75 Å². The minimum absolute atomic E-state index is 0.0205. The number of hydrogen-bond acceptors (Lipinski definition) is 4. The van der Waals surface area contributed by atoms with Crippen molar-refractivity contribution < 1.29 is 19.4 Å². The molecule has 7 heteroatoms. The fourth-order valence-electron chi connectivity index (χ4n) is 3.92. The van der Waals surface area contributed by atoms with Crippen LogP contribution in [-0.4, -0.2) is 28.2 Å². The first-order valence-electron chi connectivity index (χ1n) is 10.7. The van der Waals surface area contributed by atoms with Crippen LogP contribution in [0.4, 0.5) is 5.69 Å². The minimum Gasteiger partial charge on any atom is -0.494 e. The number of benzene rings is 1. The average molecular weight is 446 g/mol. The van der Waals surface area contributed by atoms with E-state index in [1.807, 2.05) is 50.5 Å². The Morgan fingerprint density at radius 3 is 2.70 bits per heavy atom. The molecule has 0 fully saturated rings. The van der Waals surface area contributed by atoms with E-state index in [-0.39, 0.29) is 5.57 Å². The molecule has 1 amide bonds. The van der Waals surface area contributed by atoms with E-state index >= 15 is 0 Å². The van der Waals surface area contributed by atoms with Crippen molar-refractivity contribution >= 4 is 29.3 Å². The van der Waals surface area contributed by atoms with Gasteiger partial charge in [-0.05, 0) is 75.6 Å². The Kier molecular flexibility index (Phi) is 7.19. The number of nitriles is 1. The molecule has 0 spiro atoms. The largest absolute Gasteiger partial charge is 0.494 e. The summed E-state index contributed by atoms with van der Waals surface area (Å²) >= 11 is 0. The van der Waals surface area contributed by atoms with Gasteiger partial charge in [0.25, 0.3) is 5.91 Å². The van der Waals surface area contributed by atoms with Crippen molar-refractivity contribution in [3.05, 3.63) is 70.6 Å². The summed E-state index contributed by atoms with van der Waals surface area (Å²) in [6.45, 7) is 8.16. The van der Waals surface area contributed by atoms with Gasteiger partial charge in [-0.15, -0.1) is 0 Å². The smallest absolute Gasteiger partial charge is 0.310 e. The predicted octanol–water partition coefficient (Wildman–Crippen LogP) is 4.94. The molecule has 0 radical (unpaired) electrons. The Morgan fingerprint density at radius 1 is 1.30 bits per heavy atom. The van der Waals surface area contributed by atoms with Crippen molar-refractivity contribution in [1.29, 1.82) is 5.26 Å². The lowest BCUT2D eigenvalue weighted by atomic mass is 9.93. The van der Waals surface area contributed by atoms with E-state index in [0.717, 1.165) is 28.2 Å². The summed E-state index contributed by atoms with van der Waals surface area (Å²) in [7, 11) is 0. The van der Waals surface area contributed by atoms with E-state index in [0.29, 0.717) is 24.5 Å². The standard InChI is InChI=1S/C26H27N3O4/c1-5-33-23-8-6-7-22(14-23)28-25(30)21(15-27)13-20-12-17(3)29(18(20)4)24-10-9-19(26(31)32)11-16(24)2/h6-10,12-14,19H,5,11H2,1-4H3,(H,28,30)(H,31,32)/b21-13-/t19-/m1/s1. The lowest BCUT2D eigenvalue weighted by molar-refractivity contribution is -0.140. The number of aliphatic carboxylic acids is 1. The lowest BCUT2D eigenvalue weighted by Gasteiger charge is -2.21. The molecule has 0 bridgehead atoms. The molecule has 0 saturated carbocycles. The summed E-state index contributed by atoms with van der Waals surface area (Å²) in [5.41, 5.74) is 4.93. The number of carboxylic acid groups (broad SMARTS) is 1. The van der Waals surface area contributed by atoms with E-state index in [2.05, 4.69) is 5.32 Å². The molecule has 170 valence electrons. The van der Waals surface area contributed by atoms with Gasteiger partial charge in [0.2, 0.25) is 0 Å². The monoisotopic (exact) mass is 445 g/mol. The minimum atomic E-state index is -0.842. The van der Waals surface area contributed by atoms with E-state index < -0.39 is 17.8 Å². The van der Waals surface area contributed by atoms with Crippen LogP contribution >= 0.6 is 0 Å². The summed E-state index contributed by atoms with van der Waals surface area (Å²) in [4.78, 5) is 24.1. The zero-order valence-corrected chi connectivity index (χ0v) is 19.2. The topological polar surface area (TPSA) is 104 Å². The van der Waals surface area contributed by atoms with E-state index in [1.54, 1.807) is 36.4 Å². The second kappa shape index (κ2) is 10.0. The maximum atomic E-state index is 12.7. The molecule has 33 heavy (non-hydrogen) atoms. The predicted molar refractivity (Wildman–Crippen MR) is 128 cm³/mol. The molecule has 1 aliphatic carbocycles. The first-order chi connectivity index (χ1) is 15.7. The molecular weight excluding hydrogens is 418 g/mol. The zero-order valence-electron chi connectivity index (χ0n) is 19.2. The highest BCUT2D eigenvalue weighted by Crippen LogP contribution is 2.31. The third kappa shape index (κ3) is 5.24. The molecule has 0 aliphatic heterocycles. The third-order valence-corrected chi connectivity index (χ3v) is 5.55. The maximum Gasteiger partial charge on any atom is 0.310 e. The second-order valence-electron chi connectivity index (χ2n) is 7.92. The zero-order chi connectivity index (χ0) is 24.1. The summed E-state index contributed by atoms with van der Waals surface area (Å²) in [6, 6.07) is 10.9. The quantitative estimate of drug-likeness (QED) is 0.464. The third-order valence-electron chi connectivity index (χ3n) is 5.55. The molecular formula is C26H27N3O4. The molecule has 3 rings (SSSR count).